The molecule has 0 aliphatic carbocycles. The van der Waals surface area contributed by atoms with Gasteiger partial charge in [0.15, 0.2) is 0 Å². The molecule has 0 spiro atoms. The number of carbonyl (C=O) groups is 2. The Kier molecular flexibility index (Phi) is 5.62. The Morgan fingerprint density at radius 1 is 1.43 bits per heavy atom. The van der Waals surface area contributed by atoms with Crippen molar-refractivity contribution in [1.82, 2.24) is 0 Å². The monoisotopic (exact) mass is 281 g/mol. The van der Waals surface area contributed by atoms with E-state index >= 15 is 0 Å². The molecular weight excluding hydrogens is 276 g/mol. The molecule has 7 heavy (non-hydrogen) atoms. The van der Waals surface area contributed by atoms with Crippen molar-refractivity contribution in [2.75, 3.05) is 0 Å². The van der Waals surface area contributed by atoms with Crippen LogP contribution in [0, 0.1) is 0 Å². The molecule has 1 N–H and O–H groups in total. The maximum atomic E-state index is 9.54. The van der Waals surface area contributed by atoms with Crippen LogP contribution in [0.1, 0.15) is 6.92 Å². The fraction of sp³-hybridized carbons (Fsp3) is 0.333. The number of carboxylic acid groups (broad SMARTS) is 1. The molecule has 0 saturated heterocycles. The van der Waals surface area contributed by atoms with Crippen molar-refractivity contribution in [1.29, 1.82) is 0 Å². The van der Waals surface area contributed by atoms with Crippen molar-refractivity contribution in [2.24, 2.45) is 0 Å². The van der Waals surface area contributed by atoms with Crippen molar-refractivity contribution in [2.45, 2.75) is 6.92 Å². The fourth-order valence-electron chi connectivity index (χ4n) is 0. The van der Waals surface area contributed by atoms with Crippen LogP contribution < -0.4 is 0 Å². The topological polar surface area (TPSA) is 54.4 Å². The van der Waals surface area contributed by atoms with Gasteiger partial charge in [-0.15, -0.1) is 0 Å². The van der Waals surface area contributed by atoms with Gasteiger partial charge in [0.25, 0.3) is 0 Å². The van der Waals surface area contributed by atoms with E-state index in [0.29, 0.717) is 0 Å². The Bertz CT molecular complexity index is 76.2. The van der Waals surface area contributed by atoms with Gasteiger partial charge >= 0.3 is 5.97 Å². The van der Waals surface area contributed by atoms with Crippen LogP contribution in [-0.4, -0.2) is 16.9 Å². The second kappa shape index (κ2) is 3.96. The second-order valence-corrected chi connectivity index (χ2v) is 0.861. The van der Waals surface area contributed by atoms with Gasteiger partial charge in [0.2, 0.25) is 5.78 Å². The summed E-state index contributed by atoms with van der Waals surface area (Å²) in [6, 6.07) is 0. The number of hydrogen-bond donors (Lipinski definition) is 1. The van der Waals surface area contributed by atoms with E-state index in [9.17, 15) is 9.59 Å². The zero-order valence-corrected chi connectivity index (χ0v) is 5.99. The number of carboxylic acids is 1. The number of aliphatic carboxylic acids is 1. The van der Waals surface area contributed by atoms with E-state index < -0.39 is 11.8 Å². The Hall–Kier alpha value is -0.211. The van der Waals surface area contributed by atoms with E-state index in [1.54, 1.807) is 0 Å². The molecule has 43 valence electrons. The van der Waals surface area contributed by atoms with Crippen molar-refractivity contribution < 1.29 is 34.8 Å². The maximum absolute atomic E-state index is 9.54. The van der Waals surface area contributed by atoms with Gasteiger partial charge in [-0.3, -0.25) is 4.79 Å². The molecule has 4 heteroatoms. The van der Waals surface area contributed by atoms with Crippen LogP contribution in [0.15, 0.2) is 0 Å². The van der Waals surface area contributed by atoms with Crippen LogP contribution >= 0.6 is 0 Å². The first kappa shape index (κ1) is 9.92. The molecule has 0 aliphatic rings. The number of hydrogen-bond acceptors (Lipinski definition) is 2. The van der Waals surface area contributed by atoms with Crippen molar-refractivity contribution in [3.8, 4) is 0 Å². The summed E-state index contributed by atoms with van der Waals surface area (Å²) in [7, 11) is 0. The van der Waals surface area contributed by atoms with E-state index in [-0.39, 0.29) is 20.1 Å². The smallest absolute Gasteiger partial charge is 0.371 e. The van der Waals surface area contributed by atoms with E-state index in [1.165, 1.54) is 0 Å². The predicted molar refractivity (Wildman–Crippen MR) is 18.3 cm³/mol. The predicted octanol–water partition coefficient (Wildman–Crippen LogP) is -0.343. The minimum absolute atomic E-state index is 0. The average molecular weight is 280 g/mol. The van der Waals surface area contributed by atoms with Gasteiger partial charge < -0.3 is 5.11 Å². The third kappa shape index (κ3) is 5.79. The number of ketones is 1. The largest absolute Gasteiger partial charge is 0.476 e. The van der Waals surface area contributed by atoms with Crippen LogP contribution in [0.2, 0.25) is 0 Å². The third-order valence-electron chi connectivity index (χ3n) is 0.301. The Morgan fingerprint density at radius 2 is 1.57 bits per heavy atom. The zero-order valence-electron chi connectivity index (χ0n) is 3.60. The number of Topliss-reactive ketones (excluding diaryl/α,β-unsaturated/α-hetero) is 1. The molecule has 0 aromatic heterocycles. The molecule has 0 aliphatic heterocycles. The molecule has 1 radical (unpaired) electrons. The summed E-state index contributed by atoms with van der Waals surface area (Å²) in [5.41, 5.74) is 0. The van der Waals surface area contributed by atoms with Gasteiger partial charge in [0, 0.05) is 27.0 Å². The van der Waals surface area contributed by atoms with Crippen molar-refractivity contribution >= 4 is 11.8 Å². The summed E-state index contributed by atoms with van der Waals surface area (Å²) < 4.78 is 0. The summed E-state index contributed by atoms with van der Waals surface area (Å²) in [6.07, 6.45) is 0. The molecule has 0 heterocycles. The van der Waals surface area contributed by atoms with Crippen LogP contribution in [0.4, 0.5) is 0 Å². The maximum Gasteiger partial charge on any atom is 0.371 e. The molecule has 0 rings (SSSR count). The van der Waals surface area contributed by atoms with Crippen LogP contribution in [-0.2, 0) is 29.7 Å². The minimum atomic E-state index is -1.38. The van der Waals surface area contributed by atoms with Crippen molar-refractivity contribution in [3.05, 3.63) is 0 Å². The summed E-state index contributed by atoms with van der Waals surface area (Å²) in [5, 5.41) is 7.64. The Morgan fingerprint density at radius 3 is 1.57 bits per heavy atom. The van der Waals surface area contributed by atoms with Gasteiger partial charge in [0.05, 0.1) is 0 Å². The molecule has 0 fully saturated rings. The summed E-state index contributed by atoms with van der Waals surface area (Å²) in [4.78, 5) is 18.9. The van der Waals surface area contributed by atoms with E-state index in [2.05, 4.69) is 0 Å². The molecule has 0 saturated carbocycles. The Labute approximate surface area is 54.1 Å². The van der Waals surface area contributed by atoms with Crippen LogP contribution in [0.25, 0.3) is 0 Å². The normalized spacial score (nSPS) is 6.43. The zero-order chi connectivity index (χ0) is 5.15. The second-order valence-electron chi connectivity index (χ2n) is 0.861. The van der Waals surface area contributed by atoms with E-state index in [0.717, 1.165) is 6.92 Å². The quantitative estimate of drug-likeness (QED) is 0.669. The SMILES string of the molecule is CC(=O)C(=O)O.[Ir]. The molecule has 0 bridgehead atoms. The molecule has 3 nitrogen and oxygen atoms in total. The molecular formula is C3H4IrO3. The standard InChI is InChI=1S/C3H4O3.Ir/c1-2(4)3(5)6;/h1H3,(H,5,6);. The van der Waals surface area contributed by atoms with E-state index in [4.69, 9.17) is 5.11 Å². The first-order chi connectivity index (χ1) is 2.64. The van der Waals surface area contributed by atoms with Crippen LogP contribution in [0.5, 0.6) is 0 Å². The molecule has 0 aromatic carbocycles. The van der Waals surface area contributed by atoms with Crippen LogP contribution in [0.3, 0.4) is 0 Å². The van der Waals surface area contributed by atoms with Crippen molar-refractivity contribution in [3.63, 3.8) is 0 Å². The molecule has 0 atom stereocenters. The first-order valence-electron chi connectivity index (χ1n) is 1.38. The minimum Gasteiger partial charge on any atom is -0.476 e. The summed E-state index contributed by atoms with van der Waals surface area (Å²) in [6.45, 7) is 1.00. The van der Waals surface area contributed by atoms with Gasteiger partial charge in [-0.2, -0.15) is 0 Å². The van der Waals surface area contributed by atoms with Gasteiger partial charge in [-0.05, 0) is 0 Å². The van der Waals surface area contributed by atoms with Gasteiger partial charge in [-0.1, -0.05) is 0 Å². The molecule has 0 amide bonds. The average Bonchev–Trinajstić information content (AvgIpc) is 1.36. The van der Waals surface area contributed by atoms with Gasteiger partial charge in [-0.25, -0.2) is 4.79 Å². The molecule has 0 unspecified atom stereocenters. The number of carbonyl (C=O) groups excluding carboxylic acids is 1. The Balaban J connectivity index is 0. The summed E-state index contributed by atoms with van der Waals surface area (Å²) >= 11 is 0. The summed E-state index contributed by atoms with van der Waals surface area (Å²) in [5.74, 6) is -2.20. The van der Waals surface area contributed by atoms with E-state index in [1.807, 2.05) is 0 Å². The fourth-order valence-corrected chi connectivity index (χ4v) is 0. The first-order valence-corrected chi connectivity index (χ1v) is 1.38. The third-order valence-corrected chi connectivity index (χ3v) is 0.301. The van der Waals surface area contributed by atoms with Gasteiger partial charge in [0.1, 0.15) is 0 Å². The molecule has 0 aromatic rings. The number of rotatable bonds is 1.